The standard InChI is InChI=1S/C6H16NO2.CHNS/c1-5(8)7(3,4)6(2)9;2-1-3/h5-6,8-9H,1-4H3;3H/q+1;/p-1. The molecule has 2 unspecified atom stereocenters. The molecule has 0 aliphatic carbocycles. The van der Waals surface area contributed by atoms with Gasteiger partial charge in [-0.3, -0.25) is 4.48 Å². The van der Waals surface area contributed by atoms with Gasteiger partial charge >= 0.3 is 0 Å². The minimum atomic E-state index is -0.523. The Bertz CT molecular complexity index is 142. The van der Waals surface area contributed by atoms with Gasteiger partial charge in [0, 0.05) is 13.8 Å². The van der Waals surface area contributed by atoms with E-state index in [9.17, 15) is 0 Å². The molecule has 0 spiro atoms. The van der Waals surface area contributed by atoms with Crippen molar-refractivity contribution < 1.29 is 14.7 Å². The van der Waals surface area contributed by atoms with Gasteiger partial charge in [0.25, 0.3) is 0 Å². The van der Waals surface area contributed by atoms with E-state index >= 15 is 0 Å². The lowest BCUT2D eigenvalue weighted by molar-refractivity contribution is -0.974. The van der Waals surface area contributed by atoms with Crippen molar-refractivity contribution in [1.82, 2.24) is 0 Å². The normalized spacial score (nSPS) is 15.1. The number of hydrogen-bond donors (Lipinski definition) is 2. The molecule has 0 fully saturated rings. The quantitative estimate of drug-likeness (QED) is 0.274. The van der Waals surface area contributed by atoms with Gasteiger partial charge in [-0.15, -0.1) is 0 Å². The summed E-state index contributed by atoms with van der Waals surface area (Å²) < 4.78 is 0.222. The molecular formula is C7H16N2O2S. The molecule has 2 atom stereocenters. The number of nitrogens with zero attached hydrogens (tertiary/aromatic N) is 2. The number of aliphatic hydroxyl groups is 2. The maximum atomic E-state index is 9.06. The number of aliphatic hydroxyl groups excluding tert-OH is 2. The van der Waals surface area contributed by atoms with Crippen LogP contribution < -0.4 is 0 Å². The summed E-state index contributed by atoms with van der Waals surface area (Å²) in [7, 11) is 3.55. The summed E-state index contributed by atoms with van der Waals surface area (Å²) in [5.41, 5.74) is 0. The minimum Gasteiger partial charge on any atom is -0.696 e. The maximum Gasteiger partial charge on any atom is 0.189 e. The third kappa shape index (κ3) is 5.27. The van der Waals surface area contributed by atoms with Gasteiger partial charge in [0.15, 0.2) is 12.5 Å². The predicted molar refractivity (Wildman–Crippen MR) is 48.4 cm³/mol. The van der Waals surface area contributed by atoms with Crippen LogP contribution in [0.5, 0.6) is 0 Å². The van der Waals surface area contributed by atoms with E-state index in [2.05, 4.69) is 12.6 Å². The third-order valence-electron chi connectivity index (χ3n) is 1.93. The van der Waals surface area contributed by atoms with E-state index in [1.54, 1.807) is 27.9 Å². The molecule has 0 amide bonds. The van der Waals surface area contributed by atoms with Gasteiger partial charge in [-0.1, -0.05) is 5.40 Å². The molecular weight excluding hydrogens is 176 g/mol. The molecule has 0 heterocycles. The van der Waals surface area contributed by atoms with Gasteiger partial charge in [0.1, 0.15) is 0 Å². The zero-order valence-corrected chi connectivity index (χ0v) is 8.67. The molecule has 4 nitrogen and oxygen atoms in total. The fourth-order valence-electron chi connectivity index (χ4n) is 0.312. The molecule has 0 rings (SSSR count). The lowest BCUT2D eigenvalue weighted by Crippen LogP contribution is -2.53. The number of rotatable bonds is 2. The Morgan fingerprint density at radius 2 is 1.42 bits per heavy atom. The smallest absolute Gasteiger partial charge is 0.189 e. The molecule has 0 aliphatic heterocycles. The summed E-state index contributed by atoms with van der Waals surface area (Å²) in [6, 6.07) is 0. The second-order valence-corrected chi connectivity index (χ2v) is 3.17. The molecule has 12 heavy (non-hydrogen) atoms. The number of hydrogen-bond acceptors (Lipinski definition) is 4. The van der Waals surface area contributed by atoms with Crippen molar-refractivity contribution in [2.24, 2.45) is 0 Å². The van der Waals surface area contributed by atoms with Crippen LogP contribution in [0.15, 0.2) is 0 Å². The van der Waals surface area contributed by atoms with Crippen molar-refractivity contribution >= 4 is 12.6 Å². The Morgan fingerprint density at radius 3 is 1.42 bits per heavy atom. The Morgan fingerprint density at radius 1 is 1.25 bits per heavy atom. The van der Waals surface area contributed by atoms with Crippen molar-refractivity contribution in [3.8, 4) is 5.40 Å². The minimum absolute atomic E-state index is 0.222. The maximum absolute atomic E-state index is 9.06. The fourth-order valence-corrected chi connectivity index (χ4v) is 0.312. The van der Waals surface area contributed by atoms with Crippen molar-refractivity contribution in [2.45, 2.75) is 26.3 Å². The Balaban J connectivity index is 0. The lowest BCUT2D eigenvalue weighted by Gasteiger charge is -2.35. The highest BCUT2D eigenvalue weighted by molar-refractivity contribution is 7.64. The molecule has 0 radical (unpaired) electrons. The highest BCUT2D eigenvalue weighted by Crippen LogP contribution is 2.07. The van der Waals surface area contributed by atoms with Crippen molar-refractivity contribution in [3.05, 3.63) is 0 Å². The molecule has 0 saturated carbocycles. The predicted octanol–water partition coefficient (Wildman–Crippen LogP) is -0.246. The van der Waals surface area contributed by atoms with Gasteiger partial charge in [-0.05, 0) is 0 Å². The third-order valence-corrected chi connectivity index (χ3v) is 1.93. The van der Waals surface area contributed by atoms with Crippen LogP contribution in [0.2, 0.25) is 0 Å². The largest absolute Gasteiger partial charge is 0.696 e. The van der Waals surface area contributed by atoms with Gasteiger partial charge in [0.2, 0.25) is 0 Å². The van der Waals surface area contributed by atoms with Crippen molar-refractivity contribution in [1.29, 1.82) is 5.26 Å². The summed E-state index contributed by atoms with van der Waals surface area (Å²) in [4.78, 5) is 0. The number of thiocyanates is 1. The molecule has 0 aromatic carbocycles. The summed E-state index contributed by atoms with van der Waals surface area (Å²) in [5.74, 6) is 0. The van der Waals surface area contributed by atoms with Crippen LogP contribution in [0.3, 0.4) is 0 Å². The van der Waals surface area contributed by atoms with Gasteiger partial charge in [0.05, 0.1) is 14.1 Å². The average molecular weight is 192 g/mol. The van der Waals surface area contributed by atoms with Gasteiger partial charge in [-0.25, -0.2) is 5.26 Å². The zero-order chi connectivity index (χ0) is 10.4. The van der Waals surface area contributed by atoms with Crippen LogP contribution in [0.25, 0.3) is 0 Å². The SMILES string of the molecule is CC(O)[N+](C)(C)C(C)O.N#C[S-]. The Kier molecular flexibility index (Phi) is 7.24. The highest BCUT2D eigenvalue weighted by Gasteiger charge is 2.26. The zero-order valence-electron chi connectivity index (χ0n) is 7.85. The fraction of sp³-hybridized carbons (Fsp3) is 0.857. The van der Waals surface area contributed by atoms with E-state index < -0.39 is 12.5 Å². The second kappa shape index (κ2) is 6.14. The van der Waals surface area contributed by atoms with Crippen molar-refractivity contribution in [2.75, 3.05) is 14.1 Å². The van der Waals surface area contributed by atoms with E-state index in [4.69, 9.17) is 15.5 Å². The first-order valence-electron chi connectivity index (χ1n) is 3.51. The van der Waals surface area contributed by atoms with Crippen LogP contribution in [0.1, 0.15) is 13.8 Å². The molecule has 0 saturated heterocycles. The Labute approximate surface area is 79.0 Å². The van der Waals surface area contributed by atoms with Crippen molar-refractivity contribution in [3.63, 3.8) is 0 Å². The topological polar surface area (TPSA) is 64.2 Å². The molecule has 5 heteroatoms. The van der Waals surface area contributed by atoms with Crippen LogP contribution in [0.4, 0.5) is 0 Å². The van der Waals surface area contributed by atoms with E-state index in [-0.39, 0.29) is 4.48 Å². The number of quaternary nitrogens is 1. The molecule has 0 aliphatic rings. The van der Waals surface area contributed by atoms with E-state index in [1.807, 2.05) is 0 Å². The first-order valence-corrected chi connectivity index (χ1v) is 3.92. The first kappa shape index (κ1) is 14.1. The van der Waals surface area contributed by atoms with E-state index in [0.717, 1.165) is 0 Å². The first-order chi connectivity index (χ1) is 5.30. The monoisotopic (exact) mass is 192 g/mol. The highest BCUT2D eigenvalue weighted by atomic mass is 32.1. The van der Waals surface area contributed by atoms with Gasteiger partial charge < -0.3 is 22.8 Å². The van der Waals surface area contributed by atoms with Crippen LogP contribution >= 0.6 is 0 Å². The number of nitriles is 1. The van der Waals surface area contributed by atoms with E-state index in [1.165, 1.54) is 5.40 Å². The average Bonchev–Trinajstić information content (AvgIpc) is 1.88. The Hall–Kier alpha value is -0.410. The summed E-state index contributed by atoms with van der Waals surface area (Å²) in [6.07, 6.45) is -1.05. The van der Waals surface area contributed by atoms with Gasteiger partial charge in [-0.2, -0.15) is 0 Å². The van der Waals surface area contributed by atoms with E-state index in [0.29, 0.717) is 0 Å². The summed E-state index contributed by atoms with van der Waals surface area (Å²) >= 11 is 3.70. The van der Waals surface area contributed by atoms with Crippen LogP contribution in [-0.2, 0) is 12.6 Å². The summed E-state index contributed by atoms with van der Waals surface area (Å²) in [5, 5.41) is 26.6. The van der Waals surface area contributed by atoms with Crippen LogP contribution in [0, 0.1) is 10.7 Å². The summed E-state index contributed by atoms with van der Waals surface area (Å²) in [6.45, 7) is 3.32. The van der Waals surface area contributed by atoms with Crippen LogP contribution in [-0.4, -0.2) is 41.2 Å². The molecule has 0 aromatic heterocycles. The molecule has 2 N–H and O–H groups in total. The molecule has 0 bridgehead atoms. The molecule has 0 aromatic rings. The lowest BCUT2D eigenvalue weighted by atomic mass is 10.4. The molecule has 72 valence electrons. The second-order valence-electron chi connectivity index (χ2n) is 2.98.